The van der Waals surface area contributed by atoms with Gasteiger partial charge in [0, 0.05) is 43.3 Å². The van der Waals surface area contributed by atoms with Gasteiger partial charge in [-0.15, -0.1) is 0 Å². The second-order valence-electron chi connectivity index (χ2n) is 6.29. The first-order valence-corrected chi connectivity index (χ1v) is 8.57. The largest absolute Gasteiger partial charge is 0.454 e. The van der Waals surface area contributed by atoms with E-state index in [2.05, 4.69) is 15.5 Å². The van der Waals surface area contributed by atoms with Crippen LogP contribution in [0, 0.1) is 0 Å². The van der Waals surface area contributed by atoms with Gasteiger partial charge in [-0.1, -0.05) is 0 Å². The predicted octanol–water partition coefficient (Wildman–Crippen LogP) is 3.28. The first-order chi connectivity index (χ1) is 12.7. The molecule has 0 aromatic heterocycles. The van der Waals surface area contributed by atoms with Gasteiger partial charge in [0.25, 0.3) is 0 Å². The fraction of sp³-hybridized carbons (Fsp3) is 0.316. The molecular weight excluding hydrogens is 334 g/mol. The molecule has 2 amide bonds. The van der Waals surface area contributed by atoms with Crippen molar-refractivity contribution in [3.63, 3.8) is 0 Å². The summed E-state index contributed by atoms with van der Waals surface area (Å²) in [5.41, 5.74) is 2.51. The molecule has 2 aliphatic heterocycles. The Morgan fingerprint density at radius 2 is 1.81 bits per heavy atom. The fourth-order valence-corrected chi connectivity index (χ4v) is 3.18. The lowest BCUT2D eigenvalue weighted by Crippen LogP contribution is -2.22. The second kappa shape index (κ2) is 7.13. The summed E-state index contributed by atoms with van der Waals surface area (Å²) in [4.78, 5) is 14.5. The maximum Gasteiger partial charge on any atom is 0.323 e. The molecule has 2 aromatic carbocycles. The van der Waals surface area contributed by atoms with Crippen molar-refractivity contribution in [3.8, 4) is 11.5 Å². The van der Waals surface area contributed by atoms with Crippen molar-refractivity contribution >= 4 is 23.1 Å². The zero-order valence-electron chi connectivity index (χ0n) is 14.5. The van der Waals surface area contributed by atoms with Crippen LogP contribution in [0.4, 0.5) is 21.9 Å². The molecule has 4 rings (SSSR count). The molecule has 1 saturated heterocycles. The van der Waals surface area contributed by atoms with E-state index in [1.165, 1.54) is 0 Å². The Labute approximate surface area is 151 Å². The van der Waals surface area contributed by atoms with Gasteiger partial charge < -0.3 is 29.7 Å². The van der Waals surface area contributed by atoms with E-state index in [-0.39, 0.29) is 12.8 Å². The number of benzene rings is 2. The molecular formula is C19H21N3O4. The molecule has 0 radical (unpaired) electrons. The maximum atomic E-state index is 12.2. The Morgan fingerprint density at radius 1 is 1.08 bits per heavy atom. The quantitative estimate of drug-likeness (QED) is 0.881. The summed E-state index contributed by atoms with van der Waals surface area (Å²) in [6.45, 7) is 2.09. The first-order valence-electron chi connectivity index (χ1n) is 8.57. The van der Waals surface area contributed by atoms with Gasteiger partial charge in [-0.2, -0.15) is 0 Å². The first kappa shape index (κ1) is 16.5. The molecule has 7 heteroatoms. The summed E-state index contributed by atoms with van der Waals surface area (Å²) in [7, 11) is 1.75. The second-order valence-corrected chi connectivity index (χ2v) is 6.29. The van der Waals surface area contributed by atoms with Crippen LogP contribution < -0.4 is 25.0 Å². The summed E-state index contributed by atoms with van der Waals surface area (Å²) in [6.07, 6.45) is 1.33. The maximum absolute atomic E-state index is 12.2. The van der Waals surface area contributed by atoms with Crippen molar-refractivity contribution in [1.82, 2.24) is 0 Å². The third kappa shape index (κ3) is 3.52. The van der Waals surface area contributed by atoms with E-state index >= 15 is 0 Å². The number of nitrogens with one attached hydrogen (secondary N) is 2. The number of amides is 2. The zero-order valence-corrected chi connectivity index (χ0v) is 14.5. The van der Waals surface area contributed by atoms with Crippen molar-refractivity contribution in [2.75, 3.05) is 42.5 Å². The minimum Gasteiger partial charge on any atom is -0.454 e. The lowest BCUT2D eigenvalue weighted by Gasteiger charge is -2.18. The number of anilines is 3. The predicted molar refractivity (Wildman–Crippen MR) is 99.3 cm³/mol. The van der Waals surface area contributed by atoms with E-state index in [4.69, 9.17) is 14.2 Å². The zero-order chi connectivity index (χ0) is 17.9. The van der Waals surface area contributed by atoms with E-state index in [0.717, 1.165) is 30.9 Å². The highest BCUT2D eigenvalue weighted by atomic mass is 16.7. The average Bonchev–Trinajstić information content (AvgIpc) is 3.31. The number of hydrogen-bond donors (Lipinski definition) is 2. The summed E-state index contributed by atoms with van der Waals surface area (Å²) in [6, 6.07) is 12.8. The minimum absolute atomic E-state index is 0.208. The standard InChI is InChI=1S/C19H21N3O4/c1-24-16-8-9-22(11-16)15-5-2-13(3-6-15)20-19(23)21-14-4-7-17-18(10-14)26-12-25-17/h2-7,10,16H,8-9,11-12H2,1H3,(H2,20,21,23)/t16-/m1/s1. The van der Waals surface area contributed by atoms with Gasteiger partial charge in [0.05, 0.1) is 6.10 Å². The van der Waals surface area contributed by atoms with E-state index in [0.29, 0.717) is 23.3 Å². The highest BCUT2D eigenvalue weighted by molar-refractivity contribution is 6.00. The smallest absolute Gasteiger partial charge is 0.323 e. The van der Waals surface area contributed by atoms with Crippen LogP contribution in [-0.4, -0.2) is 39.1 Å². The topological polar surface area (TPSA) is 72.1 Å². The van der Waals surface area contributed by atoms with Crippen LogP contribution in [0.25, 0.3) is 0 Å². The van der Waals surface area contributed by atoms with Gasteiger partial charge in [0.1, 0.15) is 0 Å². The monoisotopic (exact) mass is 355 g/mol. The Bertz CT molecular complexity index is 794. The number of fused-ring (bicyclic) bond motifs is 1. The highest BCUT2D eigenvalue weighted by Gasteiger charge is 2.22. The van der Waals surface area contributed by atoms with E-state index < -0.39 is 0 Å². The number of carbonyl (C=O) groups is 1. The number of rotatable bonds is 4. The molecule has 2 aromatic rings. The molecule has 0 aliphatic carbocycles. The van der Waals surface area contributed by atoms with Crippen LogP contribution in [0.3, 0.4) is 0 Å². The normalized spacial score (nSPS) is 18.0. The number of carbonyl (C=O) groups excluding carboxylic acids is 1. The van der Waals surface area contributed by atoms with Gasteiger partial charge in [0.15, 0.2) is 11.5 Å². The summed E-state index contributed by atoms with van der Waals surface area (Å²) in [5.74, 6) is 1.32. The van der Waals surface area contributed by atoms with Gasteiger partial charge in [0.2, 0.25) is 6.79 Å². The molecule has 0 bridgehead atoms. The molecule has 1 fully saturated rings. The van der Waals surface area contributed by atoms with Crippen LogP contribution in [0.1, 0.15) is 6.42 Å². The van der Waals surface area contributed by atoms with Crippen molar-refractivity contribution in [2.45, 2.75) is 12.5 Å². The van der Waals surface area contributed by atoms with E-state index in [1.54, 1.807) is 25.3 Å². The van der Waals surface area contributed by atoms with Crippen LogP contribution in [0.5, 0.6) is 11.5 Å². The molecule has 1 atom stereocenters. The van der Waals surface area contributed by atoms with Gasteiger partial charge in [-0.05, 0) is 42.8 Å². The molecule has 0 spiro atoms. The molecule has 7 nitrogen and oxygen atoms in total. The summed E-state index contributed by atoms with van der Waals surface area (Å²) >= 11 is 0. The SMILES string of the molecule is CO[C@@H]1CCN(c2ccc(NC(=O)Nc3ccc4c(c3)OCO4)cc2)C1. The van der Waals surface area contributed by atoms with Gasteiger partial charge >= 0.3 is 6.03 Å². The minimum atomic E-state index is -0.308. The Hall–Kier alpha value is -2.93. The summed E-state index contributed by atoms with van der Waals surface area (Å²) < 4.78 is 16.0. The van der Waals surface area contributed by atoms with Crippen LogP contribution >= 0.6 is 0 Å². The van der Waals surface area contributed by atoms with Crippen molar-refractivity contribution in [1.29, 1.82) is 0 Å². The molecule has 0 unspecified atom stereocenters. The average molecular weight is 355 g/mol. The fourth-order valence-electron chi connectivity index (χ4n) is 3.18. The third-order valence-electron chi connectivity index (χ3n) is 4.60. The molecule has 0 saturated carbocycles. The van der Waals surface area contributed by atoms with Crippen LogP contribution in [0.2, 0.25) is 0 Å². The van der Waals surface area contributed by atoms with Crippen molar-refractivity contribution < 1.29 is 19.0 Å². The van der Waals surface area contributed by atoms with E-state index in [1.807, 2.05) is 24.3 Å². The Balaban J connectivity index is 1.34. The lowest BCUT2D eigenvalue weighted by molar-refractivity contribution is 0.121. The Morgan fingerprint density at radius 3 is 2.58 bits per heavy atom. The van der Waals surface area contributed by atoms with E-state index in [9.17, 15) is 4.79 Å². The highest BCUT2D eigenvalue weighted by Crippen LogP contribution is 2.34. The lowest BCUT2D eigenvalue weighted by atomic mass is 10.2. The number of urea groups is 1. The number of hydrogen-bond acceptors (Lipinski definition) is 5. The molecule has 26 heavy (non-hydrogen) atoms. The number of nitrogens with zero attached hydrogens (tertiary/aromatic N) is 1. The van der Waals surface area contributed by atoms with Crippen molar-refractivity contribution in [2.24, 2.45) is 0 Å². The number of ether oxygens (including phenoxy) is 3. The third-order valence-corrected chi connectivity index (χ3v) is 4.60. The molecule has 136 valence electrons. The van der Waals surface area contributed by atoms with Gasteiger partial charge in [-0.25, -0.2) is 4.79 Å². The van der Waals surface area contributed by atoms with Gasteiger partial charge in [-0.3, -0.25) is 0 Å². The van der Waals surface area contributed by atoms with Crippen LogP contribution in [0.15, 0.2) is 42.5 Å². The summed E-state index contributed by atoms with van der Waals surface area (Å²) in [5, 5.41) is 5.62. The van der Waals surface area contributed by atoms with Crippen LogP contribution in [-0.2, 0) is 4.74 Å². The van der Waals surface area contributed by atoms with Crippen molar-refractivity contribution in [3.05, 3.63) is 42.5 Å². The molecule has 2 N–H and O–H groups in total. The number of methoxy groups -OCH3 is 1. The molecule has 2 heterocycles. The molecule has 2 aliphatic rings. The Kier molecular flexibility index (Phi) is 4.53.